The molecule has 0 atom stereocenters. The summed E-state index contributed by atoms with van der Waals surface area (Å²) < 4.78 is 21.5. The van der Waals surface area contributed by atoms with E-state index in [4.69, 9.17) is 16.7 Å². The normalized spacial score (nSPS) is 11.3. The first-order valence-corrected chi connectivity index (χ1v) is 5.82. The highest BCUT2D eigenvalue weighted by atomic mass is 35.5. The fourth-order valence-electron chi connectivity index (χ4n) is 0.984. The third kappa shape index (κ3) is 3.46. The molecule has 6 nitrogen and oxygen atoms in total. The molecule has 0 aliphatic heterocycles. The molecule has 1 aromatic carbocycles. The van der Waals surface area contributed by atoms with Crippen LogP contribution in [0.4, 0.5) is 5.69 Å². The molecule has 0 aromatic heterocycles. The molecule has 0 saturated carbocycles. The van der Waals surface area contributed by atoms with Gasteiger partial charge in [-0.2, -0.15) is 0 Å². The highest BCUT2D eigenvalue weighted by molar-refractivity contribution is 7.88. The molecule has 0 saturated heterocycles. The zero-order valence-corrected chi connectivity index (χ0v) is 8.96. The minimum Gasteiger partial charge on any atom is -0.258 e. The zero-order valence-electron chi connectivity index (χ0n) is 7.38. The summed E-state index contributed by atoms with van der Waals surface area (Å²) in [4.78, 5) is 9.74. The van der Waals surface area contributed by atoms with Gasteiger partial charge in [-0.25, -0.2) is 13.6 Å². The average Bonchev–Trinajstić information content (AvgIpc) is 2.05. The van der Waals surface area contributed by atoms with Gasteiger partial charge in [-0.1, -0.05) is 11.6 Å². The third-order valence-corrected chi connectivity index (χ3v) is 2.67. The molecular formula is C7H7ClN2O4S. The Morgan fingerprint density at radius 1 is 1.47 bits per heavy atom. The van der Waals surface area contributed by atoms with Crippen molar-refractivity contribution in [3.8, 4) is 0 Å². The van der Waals surface area contributed by atoms with E-state index in [0.717, 1.165) is 6.07 Å². The minimum atomic E-state index is -3.69. The van der Waals surface area contributed by atoms with Gasteiger partial charge < -0.3 is 0 Å². The average molecular weight is 251 g/mol. The summed E-state index contributed by atoms with van der Waals surface area (Å²) in [7, 11) is -3.69. The van der Waals surface area contributed by atoms with Crippen molar-refractivity contribution in [1.82, 2.24) is 0 Å². The molecule has 0 aliphatic rings. The second-order valence-corrected chi connectivity index (χ2v) is 4.86. The van der Waals surface area contributed by atoms with Crippen molar-refractivity contribution in [2.45, 2.75) is 5.75 Å². The number of nitrogens with two attached hydrogens (primary N) is 1. The fourth-order valence-corrected chi connectivity index (χ4v) is 1.99. The Morgan fingerprint density at radius 3 is 2.47 bits per heavy atom. The maximum absolute atomic E-state index is 10.8. The molecule has 2 N–H and O–H groups in total. The monoisotopic (exact) mass is 250 g/mol. The van der Waals surface area contributed by atoms with Gasteiger partial charge in [-0.05, 0) is 11.6 Å². The first-order valence-electron chi connectivity index (χ1n) is 3.73. The lowest BCUT2D eigenvalue weighted by Gasteiger charge is -2.01. The van der Waals surface area contributed by atoms with Gasteiger partial charge in [-0.3, -0.25) is 10.1 Å². The number of sulfonamides is 1. The first-order chi connectivity index (χ1) is 6.79. The Balaban J connectivity index is 3.09. The van der Waals surface area contributed by atoms with E-state index >= 15 is 0 Å². The van der Waals surface area contributed by atoms with Gasteiger partial charge in [0.05, 0.1) is 15.7 Å². The van der Waals surface area contributed by atoms with Crippen molar-refractivity contribution < 1.29 is 13.3 Å². The number of non-ortho nitro benzene ring substituents is 1. The molecule has 82 valence electrons. The lowest BCUT2D eigenvalue weighted by Crippen LogP contribution is -2.14. The highest BCUT2D eigenvalue weighted by Crippen LogP contribution is 2.23. The molecular weight excluding hydrogens is 244 g/mol. The Morgan fingerprint density at radius 2 is 2.07 bits per heavy atom. The molecule has 0 unspecified atom stereocenters. The number of primary sulfonamides is 1. The minimum absolute atomic E-state index is 0.0122. The van der Waals surface area contributed by atoms with Gasteiger partial charge in [0, 0.05) is 12.1 Å². The van der Waals surface area contributed by atoms with E-state index in [1.165, 1.54) is 12.1 Å². The van der Waals surface area contributed by atoms with Crippen molar-refractivity contribution in [1.29, 1.82) is 0 Å². The number of nitrogens with zero attached hydrogens (tertiary/aromatic N) is 1. The number of hydrogen-bond donors (Lipinski definition) is 1. The van der Waals surface area contributed by atoms with Crippen LogP contribution in [-0.4, -0.2) is 13.3 Å². The summed E-state index contributed by atoms with van der Waals surface area (Å²) >= 11 is 5.66. The van der Waals surface area contributed by atoms with Crippen LogP contribution in [0.2, 0.25) is 5.02 Å². The second-order valence-electron chi connectivity index (χ2n) is 2.84. The summed E-state index contributed by atoms with van der Waals surface area (Å²) in [5.41, 5.74) is 0.0444. The van der Waals surface area contributed by atoms with Crippen LogP contribution < -0.4 is 5.14 Å². The predicted octanol–water partition coefficient (Wildman–Crippen LogP) is 1.04. The molecule has 0 fully saturated rings. The first kappa shape index (κ1) is 11.9. The van der Waals surface area contributed by atoms with Gasteiger partial charge in [0.1, 0.15) is 0 Å². The molecule has 0 spiro atoms. The van der Waals surface area contributed by atoms with E-state index in [0.29, 0.717) is 0 Å². The molecule has 1 aromatic rings. The second kappa shape index (κ2) is 4.13. The summed E-state index contributed by atoms with van der Waals surface area (Å²) in [6.45, 7) is 0. The number of halogens is 1. The quantitative estimate of drug-likeness (QED) is 0.639. The van der Waals surface area contributed by atoms with E-state index in [-0.39, 0.29) is 16.3 Å². The van der Waals surface area contributed by atoms with Crippen molar-refractivity contribution in [2.24, 2.45) is 5.14 Å². The van der Waals surface area contributed by atoms with Crippen molar-refractivity contribution in [3.05, 3.63) is 38.9 Å². The summed E-state index contributed by atoms with van der Waals surface area (Å²) in [6, 6.07) is 3.53. The number of benzene rings is 1. The topological polar surface area (TPSA) is 103 Å². The molecule has 8 heteroatoms. The van der Waals surface area contributed by atoms with E-state index in [2.05, 4.69) is 0 Å². The molecule has 0 radical (unpaired) electrons. The fraction of sp³-hybridized carbons (Fsp3) is 0.143. The molecule has 0 bridgehead atoms. The van der Waals surface area contributed by atoms with E-state index in [1.807, 2.05) is 0 Å². The van der Waals surface area contributed by atoms with Crippen LogP contribution in [0.25, 0.3) is 0 Å². The lowest BCUT2D eigenvalue weighted by molar-refractivity contribution is -0.384. The molecule has 0 aliphatic carbocycles. The van der Waals surface area contributed by atoms with Gasteiger partial charge in [0.2, 0.25) is 10.0 Å². The Kier molecular flexibility index (Phi) is 3.28. The molecule has 0 amide bonds. The van der Waals surface area contributed by atoms with Crippen LogP contribution in [0, 0.1) is 10.1 Å². The van der Waals surface area contributed by atoms with Crippen LogP contribution in [0.5, 0.6) is 0 Å². The highest BCUT2D eigenvalue weighted by Gasteiger charge is 2.13. The van der Waals surface area contributed by atoms with Crippen LogP contribution in [0.1, 0.15) is 5.56 Å². The standard InChI is InChI=1S/C7H7ClN2O4S/c8-7-3-6(10(11)12)2-1-5(7)4-15(9,13)14/h1-3H,4H2,(H2,9,13,14). The van der Waals surface area contributed by atoms with Crippen LogP contribution in [0.15, 0.2) is 18.2 Å². The SMILES string of the molecule is NS(=O)(=O)Cc1ccc([N+](=O)[O-])cc1Cl. The Labute approximate surface area is 90.9 Å². The number of hydrogen-bond acceptors (Lipinski definition) is 4. The smallest absolute Gasteiger partial charge is 0.258 e. The van der Waals surface area contributed by atoms with Crippen LogP contribution in [0.3, 0.4) is 0 Å². The van der Waals surface area contributed by atoms with Crippen molar-refractivity contribution in [3.63, 3.8) is 0 Å². The predicted molar refractivity (Wildman–Crippen MR) is 54.9 cm³/mol. The van der Waals surface area contributed by atoms with Gasteiger partial charge >= 0.3 is 0 Å². The van der Waals surface area contributed by atoms with Crippen molar-refractivity contribution in [2.75, 3.05) is 0 Å². The van der Waals surface area contributed by atoms with Crippen molar-refractivity contribution >= 4 is 27.3 Å². The summed E-state index contributed by atoms with van der Waals surface area (Å²) in [6.07, 6.45) is 0. The molecule has 0 heterocycles. The van der Waals surface area contributed by atoms with Crippen LogP contribution in [-0.2, 0) is 15.8 Å². The largest absolute Gasteiger partial charge is 0.270 e. The Bertz CT molecular complexity index is 500. The van der Waals surface area contributed by atoms with E-state index in [9.17, 15) is 18.5 Å². The maximum atomic E-state index is 10.8. The third-order valence-electron chi connectivity index (χ3n) is 1.60. The lowest BCUT2D eigenvalue weighted by atomic mass is 10.2. The van der Waals surface area contributed by atoms with E-state index < -0.39 is 20.7 Å². The number of nitro groups is 1. The summed E-state index contributed by atoms with van der Waals surface area (Å²) in [5, 5.41) is 15.2. The van der Waals surface area contributed by atoms with Gasteiger partial charge in [-0.15, -0.1) is 0 Å². The number of rotatable bonds is 3. The van der Waals surface area contributed by atoms with E-state index in [1.54, 1.807) is 0 Å². The van der Waals surface area contributed by atoms with Gasteiger partial charge in [0.25, 0.3) is 5.69 Å². The molecule has 1 rings (SSSR count). The molecule has 15 heavy (non-hydrogen) atoms. The maximum Gasteiger partial charge on any atom is 0.270 e. The summed E-state index contributed by atoms with van der Waals surface area (Å²) in [5.74, 6) is -0.441. The Hall–Kier alpha value is -1.18. The zero-order chi connectivity index (χ0) is 11.6. The van der Waals surface area contributed by atoms with Gasteiger partial charge in [0.15, 0.2) is 0 Å². The van der Waals surface area contributed by atoms with Crippen LogP contribution >= 0.6 is 11.6 Å². The number of nitro benzene ring substituents is 1.